The van der Waals surface area contributed by atoms with Crippen molar-refractivity contribution >= 4 is 22.2 Å². The Labute approximate surface area is 187 Å². The molecule has 5 rings (SSSR count). The zero-order valence-corrected chi connectivity index (χ0v) is 18.4. The van der Waals surface area contributed by atoms with Gasteiger partial charge in [0, 0.05) is 23.9 Å². The van der Waals surface area contributed by atoms with Crippen LogP contribution >= 0.6 is 0 Å². The van der Waals surface area contributed by atoms with E-state index >= 15 is 0 Å². The van der Waals surface area contributed by atoms with Gasteiger partial charge in [0.15, 0.2) is 5.82 Å². The van der Waals surface area contributed by atoms with Gasteiger partial charge in [-0.15, -0.1) is 0 Å². The van der Waals surface area contributed by atoms with Gasteiger partial charge in [0.25, 0.3) is 0 Å². The molecule has 3 heterocycles. The number of nitrogen functional groups attached to an aromatic ring is 1. The number of anilines is 1. The molecule has 1 aromatic carbocycles. The van der Waals surface area contributed by atoms with Crippen molar-refractivity contribution in [2.45, 2.75) is 44.7 Å². The lowest BCUT2D eigenvalue weighted by atomic mass is 9.95. The number of hydrogen-bond acceptors (Lipinski definition) is 6. The Morgan fingerprint density at radius 3 is 2.72 bits per heavy atom. The summed E-state index contributed by atoms with van der Waals surface area (Å²) < 4.78 is 28.2. The fourth-order valence-electron chi connectivity index (χ4n) is 4.61. The van der Waals surface area contributed by atoms with Crippen molar-refractivity contribution in [2.75, 3.05) is 5.73 Å². The van der Waals surface area contributed by atoms with Gasteiger partial charge in [-0.2, -0.15) is 10.2 Å². The lowest BCUT2D eigenvalue weighted by Crippen LogP contribution is -2.15. The van der Waals surface area contributed by atoms with Crippen molar-refractivity contribution in [3.63, 3.8) is 0 Å². The van der Waals surface area contributed by atoms with Crippen molar-refractivity contribution in [2.24, 2.45) is 0 Å². The van der Waals surface area contributed by atoms with E-state index in [1.54, 1.807) is 4.52 Å². The van der Waals surface area contributed by atoms with Gasteiger partial charge < -0.3 is 5.73 Å². The normalized spacial score (nSPS) is 15.0. The number of benzene rings is 1. The third kappa shape index (κ3) is 3.87. The van der Waals surface area contributed by atoms with E-state index in [9.17, 15) is 8.42 Å². The first-order valence-electron chi connectivity index (χ1n) is 10.7. The first kappa shape index (κ1) is 20.7. The van der Waals surface area contributed by atoms with Gasteiger partial charge in [0.05, 0.1) is 17.4 Å². The van der Waals surface area contributed by atoms with Crippen LogP contribution < -0.4 is 10.5 Å². The van der Waals surface area contributed by atoms with Crippen molar-refractivity contribution < 1.29 is 8.42 Å². The Morgan fingerprint density at radius 2 is 1.91 bits per heavy atom. The highest BCUT2D eigenvalue weighted by Gasteiger charge is 2.23. The number of aromatic nitrogens is 5. The molecule has 4 aromatic rings. The Kier molecular flexibility index (Phi) is 5.62. The van der Waals surface area contributed by atoms with Gasteiger partial charge in [0.1, 0.15) is 11.8 Å². The second kappa shape index (κ2) is 8.71. The summed E-state index contributed by atoms with van der Waals surface area (Å²) in [6.07, 6.45) is 9.23. The summed E-state index contributed by atoms with van der Waals surface area (Å²) in [5.74, 6) is 0.402. The number of fused-ring (bicyclic) bond motifs is 1. The van der Waals surface area contributed by atoms with E-state index in [1.807, 2.05) is 36.5 Å². The van der Waals surface area contributed by atoms with Gasteiger partial charge in [-0.05, 0) is 36.6 Å². The molecule has 0 aliphatic heterocycles. The number of rotatable bonds is 6. The van der Waals surface area contributed by atoms with E-state index in [-0.39, 0.29) is 6.54 Å². The molecule has 0 saturated heterocycles. The molecule has 0 amide bonds. The number of thiol groups is 1. The first-order chi connectivity index (χ1) is 15.6. The van der Waals surface area contributed by atoms with Gasteiger partial charge in [-0.25, -0.2) is 22.6 Å². The average Bonchev–Trinajstić information content (AvgIpc) is 3.44. The van der Waals surface area contributed by atoms with Crippen LogP contribution in [0.15, 0.2) is 48.9 Å². The number of hydrogen-bond donors (Lipinski definition) is 3. The second-order valence-electron chi connectivity index (χ2n) is 8.09. The Balaban J connectivity index is 1.63. The molecule has 1 fully saturated rings. The van der Waals surface area contributed by atoms with E-state index < -0.39 is 10.9 Å². The molecule has 0 atom stereocenters. The lowest BCUT2D eigenvalue weighted by molar-refractivity contribution is 0.332. The van der Waals surface area contributed by atoms with Gasteiger partial charge in [-0.1, -0.05) is 37.5 Å². The van der Waals surface area contributed by atoms with Crippen LogP contribution in [-0.2, 0) is 17.4 Å². The second-order valence-corrected chi connectivity index (χ2v) is 8.92. The molecule has 10 heteroatoms. The Morgan fingerprint density at radius 1 is 1.06 bits per heavy atom. The fourth-order valence-corrected chi connectivity index (χ4v) is 4.92. The zero-order chi connectivity index (χ0) is 22.1. The molecule has 0 unspecified atom stereocenters. The molecule has 1 aliphatic rings. The summed E-state index contributed by atoms with van der Waals surface area (Å²) in [7, 11) is -2.65. The van der Waals surface area contributed by atoms with Crippen LogP contribution in [0.3, 0.4) is 0 Å². The molecule has 0 spiro atoms. The first-order valence-corrected chi connectivity index (χ1v) is 11.9. The standard InChI is InChI=1S/C22H25N7O2S/c23-22-21-18(19-9-10-25-28(19)17-7-2-1-3-8-17)12-20(29(21)26-14-24-22)16-6-4-5-15(11-16)13-27-32(30)31/h4-6,9-12,14,17,32H,1-3,7-8,13H2,(H2,23,24,26)(H,27,30,31). The van der Waals surface area contributed by atoms with Gasteiger partial charge in [0.2, 0.25) is 10.9 Å². The third-order valence-corrected chi connectivity index (χ3v) is 6.50. The van der Waals surface area contributed by atoms with E-state index in [1.165, 1.54) is 25.6 Å². The van der Waals surface area contributed by atoms with Crippen molar-refractivity contribution in [1.29, 1.82) is 0 Å². The lowest BCUT2D eigenvalue weighted by Gasteiger charge is -2.23. The minimum Gasteiger partial charge on any atom is -0.382 e. The fraction of sp³-hybridized carbons (Fsp3) is 0.318. The van der Waals surface area contributed by atoms with E-state index in [2.05, 4.69) is 30.7 Å². The number of nitrogens with two attached hydrogens (primary N) is 1. The minimum absolute atomic E-state index is 0.230. The molecule has 166 valence electrons. The average molecular weight is 452 g/mol. The molecule has 0 bridgehead atoms. The molecule has 3 N–H and O–H groups in total. The summed E-state index contributed by atoms with van der Waals surface area (Å²) >= 11 is 0. The van der Waals surface area contributed by atoms with E-state index in [4.69, 9.17) is 5.73 Å². The highest BCUT2D eigenvalue weighted by atomic mass is 32.2. The molecular weight excluding hydrogens is 426 g/mol. The van der Waals surface area contributed by atoms with Crippen LogP contribution in [0.1, 0.15) is 43.7 Å². The maximum atomic E-state index is 10.9. The molecule has 9 nitrogen and oxygen atoms in total. The van der Waals surface area contributed by atoms with E-state index in [0.29, 0.717) is 11.9 Å². The summed E-state index contributed by atoms with van der Waals surface area (Å²) in [5.41, 5.74) is 11.6. The maximum absolute atomic E-state index is 10.9. The largest absolute Gasteiger partial charge is 0.382 e. The van der Waals surface area contributed by atoms with Crippen LogP contribution in [0.4, 0.5) is 5.82 Å². The van der Waals surface area contributed by atoms with Crippen molar-refractivity contribution in [1.82, 2.24) is 29.1 Å². The number of nitrogens with one attached hydrogen (secondary N) is 1. The SMILES string of the molecule is Nc1ncnn2c(-c3cccc(CN[SH](=O)=O)c3)cc(-c3ccnn3C3CCCCC3)c12. The summed E-state index contributed by atoms with van der Waals surface area (Å²) in [6, 6.07) is 12.2. The molecule has 1 saturated carbocycles. The predicted octanol–water partition coefficient (Wildman–Crippen LogP) is 2.96. The Hall–Kier alpha value is -3.24. The minimum atomic E-state index is -2.65. The zero-order valence-electron chi connectivity index (χ0n) is 17.5. The molecule has 1 aliphatic carbocycles. The van der Waals surface area contributed by atoms with Crippen molar-refractivity contribution in [3.8, 4) is 22.5 Å². The maximum Gasteiger partial charge on any atom is 0.201 e. The van der Waals surface area contributed by atoms with Crippen LogP contribution in [0.2, 0.25) is 0 Å². The van der Waals surface area contributed by atoms with Gasteiger partial charge >= 0.3 is 0 Å². The Bertz CT molecular complexity index is 1330. The van der Waals surface area contributed by atoms with Gasteiger partial charge in [-0.3, -0.25) is 4.68 Å². The molecular formula is C22H25N7O2S. The summed E-state index contributed by atoms with van der Waals surface area (Å²) in [4.78, 5) is 4.23. The monoisotopic (exact) mass is 451 g/mol. The van der Waals surface area contributed by atoms with Crippen LogP contribution in [-0.4, -0.2) is 32.8 Å². The summed E-state index contributed by atoms with van der Waals surface area (Å²) in [5, 5.41) is 9.13. The van der Waals surface area contributed by atoms with Crippen LogP contribution in [0.25, 0.3) is 28.0 Å². The van der Waals surface area contributed by atoms with Crippen molar-refractivity contribution in [3.05, 3.63) is 54.5 Å². The molecule has 3 aromatic heterocycles. The molecule has 32 heavy (non-hydrogen) atoms. The van der Waals surface area contributed by atoms with Crippen LogP contribution in [0.5, 0.6) is 0 Å². The highest BCUT2D eigenvalue weighted by Crippen LogP contribution is 2.37. The molecule has 0 radical (unpaired) electrons. The summed E-state index contributed by atoms with van der Waals surface area (Å²) in [6.45, 7) is 0.230. The predicted molar refractivity (Wildman–Crippen MR) is 123 cm³/mol. The third-order valence-electron chi connectivity index (χ3n) is 6.08. The topological polar surface area (TPSA) is 120 Å². The van der Waals surface area contributed by atoms with Crippen LogP contribution in [0, 0.1) is 0 Å². The quantitative estimate of drug-likeness (QED) is 0.388. The highest BCUT2D eigenvalue weighted by molar-refractivity contribution is 7.70. The smallest absolute Gasteiger partial charge is 0.201 e. The number of nitrogens with zero attached hydrogens (tertiary/aromatic N) is 5. The van der Waals surface area contributed by atoms with E-state index in [0.717, 1.165) is 46.4 Å².